The number of benzene rings is 2. The average Bonchev–Trinajstić information content (AvgIpc) is 3.73. The van der Waals surface area contributed by atoms with Crippen molar-refractivity contribution in [2.24, 2.45) is 13.0 Å². The van der Waals surface area contributed by atoms with Crippen molar-refractivity contribution in [2.45, 2.75) is 45.6 Å². The van der Waals surface area contributed by atoms with Gasteiger partial charge in [-0.05, 0) is 88.1 Å². The molecule has 3 amide bonds. The van der Waals surface area contributed by atoms with Gasteiger partial charge in [0.1, 0.15) is 22.1 Å². The summed E-state index contributed by atoms with van der Waals surface area (Å²) in [5.74, 6) is 2.27. The van der Waals surface area contributed by atoms with E-state index < -0.39 is 0 Å². The van der Waals surface area contributed by atoms with E-state index in [4.69, 9.17) is 16.3 Å². The molecule has 0 spiro atoms. The first kappa shape index (κ1) is 34.9. The van der Waals surface area contributed by atoms with Crippen molar-refractivity contribution in [1.29, 1.82) is 0 Å². The van der Waals surface area contributed by atoms with Crippen LogP contribution in [0.1, 0.15) is 38.8 Å². The Labute approximate surface area is 313 Å². The van der Waals surface area contributed by atoms with Crippen LogP contribution in [-0.2, 0) is 11.8 Å². The Kier molecular flexibility index (Phi) is 9.23. The Bertz CT molecular complexity index is 2140. The first-order valence-electron chi connectivity index (χ1n) is 18.3. The number of nitrogens with one attached hydrogen (secondary N) is 2. The van der Waals surface area contributed by atoms with E-state index in [0.29, 0.717) is 52.4 Å². The molecule has 3 aliphatic rings. The highest BCUT2D eigenvalue weighted by Gasteiger charge is 2.36. The second-order valence-corrected chi connectivity index (χ2v) is 15.4. The number of aromatic nitrogens is 5. The largest absolute Gasteiger partial charge is 0.453 e. The van der Waals surface area contributed by atoms with E-state index in [1.165, 1.54) is 11.4 Å². The van der Waals surface area contributed by atoms with Crippen LogP contribution in [0.4, 0.5) is 21.9 Å². The maximum atomic E-state index is 12.2. The maximum Gasteiger partial charge on any atom is 0.328 e. The molecule has 3 aliphatic heterocycles. The van der Waals surface area contributed by atoms with Crippen LogP contribution in [0.15, 0.2) is 60.9 Å². The number of piperazine rings is 1. The van der Waals surface area contributed by atoms with Crippen molar-refractivity contribution in [1.82, 2.24) is 34.9 Å². The van der Waals surface area contributed by atoms with Crippen molar-refractivity contribution in [3.8, 4) is 22.9 Å². The number of hydrogen-bond donors (Lipinski definition) is 2. The number of carbonyl (C=O) groups excluding carboxylic acids is 2. The summed E-state index contributed by atoms with van der Waals surface area (Å²) in [7, 11) is 1.88. The van der Waals surface area contributed by atoms with Crippen LogP contribution >= 0.6 is 11.6 Å². The third kappa shape index (κ3) is 7.15. The molecule has 53 heavy (non-hydrogen) atoms. The normalized spacial score (nSPS) is 18.5. The summed E-state index contributed by atoms with van der Waals surface area (Å²) in [6.07, 6.45) is 6.11. The minimum absolute atomic E-state index is 0.0207. The van der Waals surface area contributed by atoms with Crippen LogP contribution in [0.25, 0.3) is 22.6 Å². The Morgan fingerprint density at radius 2 is 1.62 bits per heavy atom. The molecule has 276 valence electrons. The zero-order valence-corrected chi connectivity index (χ0v) is 31.4. The number of aryl methyl sites for hydroxylation is 2. The number of aromatic amines is 1. The number of rotatable bonds is 8. The minimum atomic E-state index is -0.350. The molecule has 5 aromatic rings. The molecule has 13 nitrogen and oxygen atoms in total. The van der Waals surface area contributed by atoms with Crippen LogP contribution in [0, 0.1) is 12.8 Å². The van der Waals surface area contributed by atoms with E-state index >= 15 is 0 Å². The topological polar surface area (TPSA) is 128 Å². The third-order valence-corrected chi connectivity index (χ3v) is 11.1. The number of halogens is 1. The van der Waals surface area contributed by atoms with Gasteiger partial charge in [-0.1, -0.05) is 11.6 Å². The zero-order valence-electron chi connectivity index (χ0n) is 30.6. The van der Waals surface area contributed by atoms with E-state index in [-0.39, 0.29) is 17.5 Å². The molecule has 0 saturated carbocycles. The number of H-pyrrole nitrogens is 1. The molecule has 0 aliphatic carbocycles. The van der Waals surface area contributed by atoms with E-state index in [2.05, 4.69) is 78.2 Å². The van der Waals surface area contributed by atoms with Crippen LogP contribution in [0.5, 0.6) is 11.5 Å². The molecule has 3 fully saturated rings. The lowest BCUT2D eigenvalue weighted by Gasteiger charge is -2.49. The molecule has 2 aromatic carbocycles. The van der Waals surface area contributed by atoms with Gasteiger partial charge >= 0.3 is 6.03 Å². The molecule has 0 bridgehead atoms. The number of nitrogens with zero attached hydrogens (tertiary/aromatic N) is 8. The minimum Gasteiger partial charge on any atom is -0.453 e. The van der Waals surface area contributed by atoms with Gasteiger partial charge in [-0.2, -0.15) is 5.10 Å². The monoisotopic (exact) mass is 736 g/mol. The number of imidazole rings is 1. The second kappa shape index (κ2) is 14.0. The highest BCUT2D eigenvalue weighted by Crippen LogP contribution is 2.37. The van der Waals surface area contributed by atoms with Gasteiger partial charge in [0.2, 0.25) is 5.91 Å². The fraction of sp³-hybridized carbons (Fsp3) is 0.410. The van der Waals surface area contributed by atoms with Crippen molar-refractivity contribution in [2.75, 3.05) is 60.5 Å². The van der Waals surface area contributed by atoms with Gasteiger partial charge in [0.05, 0.1) is 17.5 Å². The molecule has 0 radical (unpaired) electrons. The van der Waals surface area contributed by atoms with Crippen LogP contribution in [0.3, 0.4) is 0 Å². The highest BCUT2D eigenvalue weighted by atomic mass is 35.5. The van der Waals surface area contributed by atoms with Gasteiger partial charge in [0.15, 0.2) is 11.4 Å². The summed E-state index contributed by atoms with van der Waals surface area (Å²) in [6, 6.07) is 16.0. The van der Waals surface area contributed by atoms with Crippen molar-refractivity contribution in [3.63, 3.8) is 0 Å². The first-order chi connectivity index (χ1) is 25.5. The molecular formula is C39H45ClN10O3. The number of carbonyl (C=O) groups is 2. The second-order valence-electron chi connectivity index (χ2n) is 15.0. The fourth-order valence-corrected chi connectivity index (χ4v) is 8.08. The Morgan fingerprint density at radius 1 is 0.925 bits per heavy atom. The van der Waals surface area contributed by atoms with E-state index in [1.54, 1.807) is 15.8 Å². The van der Waals surface area contributed by atoms with Crippen LogP contribution < -0.4 is 24.8 Å². The lowest BCUT2D eigenvalue weighted by Crippen LogP contribution is -2.60. The number of piperidine rings is 1. The quantitative estimate of drug-likeness (QED) is 0.187. The summed E-state index contributed by atoms with van der Waals surface area (Å²) in [5.41, 5.74) is 6.12. The van der Waals surface area contributed by atoms with Gasteiger partial charge in [0.25, 0.3) is 0 Å². The van der Waals surface area contributed by atoms with E-state index in [9.17, 15) is 9.59 Å². The summed E-state index contributed by atoms with van der Waals surface area (Å²) in [4.78, 5) is 45.4. The van der Waals surface area contributed by atoms with Gasteiger partial charge in [0, 0.05) is 88.1 Å². The molecule has 3 saturated heterocycles. The predicted molar refractivity (Wildman–Crippen MR) is 207 cm³/mol. The number of amides is 3. The number of pyridine rings is 1. The van der Waals surface area contributed by atoms with Crippen LogP contribution in [-0.4, -0.2) is 92.9 Å². The first-order valence-corrected chi connectivity index (χ1v) is 18.7. The Hall–Kier alpha value is -5.14. The SMILES string of the molecule is Cc1nn(C)cc1-c1nc2ncc(Cl)c(Oc3ccc(N4CCN(CC5CCN(c6ccc(N7CCC(=O)NC7=O)cc6)CC5)C(C)(C)C4)cc3)c2[nH]1. The predicted octanol–water partition coefficient (Wildman–Crippen LogP) is 6.38. The molecule has 14 heteroatoms. The molecule has 3 aromatic heterocycles. The molecule has 0 unspecified atom stereocenters. The van der Waals surface area contributed by atoms with Gasteiger partial charge in [-0.15, -0.1) is 0 Å². The smallest absolute Gasteiger partial charge is 0.328 e. The molecular weight excluding hydrogens is 692 g/mol. The van der Waals surface area contributed by atoms with Crippen molar-refractivity contribution in [3.05, 3.63) is 71.6 Å². The highest BCUT2D eigenvalue weighted by molar-refractivity contribution is 6.32. The number of urea groups is 1. The summed E-state index contributed by atoms with van der Waals surface area (Å²) in [5, 5.41) is 7.24. The third-order valence-electron chi connectivity index (χ3n) is 10.9. The average molecular weight is 737 g/mol. The number of hydrogen-bond acceptors (Lipinski definition) is 9. The maximum absolute atomic E-state index is 12.2. The number of anilines is 3. The van der Waals surface area contributed by atoms with E-state index in [0.717, 1.165) is 69.1 Å². The summed E-state index contributed by atoms with van der Waals surface area (Å²) in [6.45, 7) is 13.1. The Morgan fingerprint density at radius 3 is 2.30 bits per heavy atom. The Balaban J connectivity index is 0.854. The molecule has 2 N–H and O–H groups in total. The molecule has 6 heterocycles. The zero-order chi connectivity index (χ0) is 36.9. The number of ether oxygens (including phenoxy) is 1. The lowest BCUT2D eigenvalue weighted by atomic mass is 9.91. The van der Waals surface area contributed by atoms with Crippen molar-refractivity contribution >= 4 is 51.8 Å². The van der Waals surface area contributed by atoms with Gasteiger partial charge < -0.3 is 19.5 Å². The molecule has 8 rings (SSSR count). The fourth-order valence-electron chi connectivity index (χ4n) is 7.90. The molecule has 0 atom stereocenters. The van der Waals surface area contributed by atoms with E-state index in [1.807, 2.05) is 44.4 Å². The standard InChI is InChI=1S/C39H45ClN10O3/c1-25-31(23-46(4)45-25)36-43-34-35(32(40)21-41-37(34)44-36)53-30-11-9-28(10-12-30)48-19-20-49(39(2,3)24-48)22-26-13-16-47(17-14-26)27-5-7-29(8-6-27)50-18-15-33(51)42-38(50)52/h5-12,21,23,26H,13-20,22,24H2,1-4H3,(H,41,43,44)(H,42,51,52). The number of imide groups is 1. The number of fused-ring (bicyclic) bond motifs is 1. The van der Waals surface area contributed by atoms with Crippen molar-refractivity contribution < 1.29 is 14.3 Å². The van der Waals surface area contributed by atoms with Gasteiger partial charge in [-0.25, -0.2) is 14.8 Å². The van der Waals surface area contributed by atoms with Crippen LogP contribution in [0.2, 0.25) is 5.02 Å². The summed E-state index contributed by atoms with van der Waals surface area (Å²) >= 11 is 6.60. The lowest BCUT2D eigenvalue weighted by molar-refractivity contribution is -0.120. The van der Waals surface area contributed by atoms with Gasteiger partial charge in [-0.3, -0.25) is 24.6 Å². The summed E-state index contributed by atoms with van der Waals surface area (Å²) < 4.78 is 8.11.